The molecule has 7 nitrogen and oxygen atoms in total. The first-order valence-electron chi connectivity index (χ1n) is 7.45. The summed E-state index contributed by atoms with van der Waals surface area (Å²) in [5.41, 5.74) is 3.72. The maximum Gasteiger partial charge on any atom is 0.271 e. The summed E-state index contributed by atoms with van der Waals surface area (Å²) >= 11 is 1.13. The van der Waals surface area contributed by atoms with Gasteiger partial charge in [0.15, 0.2) is 0 Å². The van der Waals surface area contributed by atoms with E-state index in [9.17, 15) is 13.2 Å². The fraction of sp³-hybridized carbons (Fsp3) is 0. The average Bonchev–Trinajstić information content (AvgIpc) is 3.19. The van der Waals surface area contributed by atoms with Crippen molar-refractivity contribution in [1.29, 1.82) is 0 Å². The third kappa shape index (κ3) is 4.52. The zero-order valence-corrected chi connectivity index (χ0v) is 15.0. The van der Waals surface area contributed by atoms with Crippen molar-refractivity contribution < 1.29 is 13.2 Å². The monoisotopic (exact) mass is 386 g/mol. The van der Waals surface area contributed by atoms with Crippen LogP contribution in [0.4, 0.5) is 5.69 Å². The van der Waals surface area contributed by atoms with Crippen molar-refractivity contribution in [1.82, 2.24) is 10.4 Å². The van der Waals surface area contributed by atoms with Crippen LogP contribution in [0, 0.1) is 0 Å². The Hall–Kier alpha value is -3.04. The van der Waals surface area contributed by atoms with E-state index in [1.54, 1.807) is 29.8 Å². The predicted octanol–water partition coefficient (Wildman–Crippen LogP) is 2.71. The molecular weight excluding hydrogens is 372 g/mol. The molecule has 0 spiro atoms. The van der Waals surface area contributed by atoms with Crippen LogP contribution in [0.1, 0.15) is 16.1 Å². The number of hydrogen-bond acceptors (Lipinski definition) is 6. The topological polar surface area (TPSA) is 101 Å². The lowest BCUT2D eigenvalue weighted by Crippen LogP contribution is -2.18. The van der Waals surface area contributed by atoms with E-state index >= 15 is 0 Å². The number of hydrazone groups is 1. The van der Waals surface area contributed by atoms with Crippen LogP contribution in [0.2, 0.25) is 0 Å². The molecule has 1 amide bonds. The van der Waals surface area contributed by atoms with E-state index in [-0.39, 0.29) is 4.21 Å². The zero-order valence-electron chi connectivity index (χ0n) is 13.4. The van der Waals surface area contributed by atoms with Crippen molar-refractivity contribution in [3.8, 4) is 0 Å². The van der Waals surface area contributed by atoms with Gasteiger partial charge in [-0.25, -0.2) is 13.8 Å². The highest BCUT2D eigenvalue weighted by Gasteiger charge is 2.15. The van der Waals surface area contributed by atoms with E-state index < -0.39 is 15.9 Å². The SMILES string of the molecule is O=C(N/N=C/c1ccccn1)c1ccc(NS(=O)(=O)c2cccs2)cc1. The summed E-state index contributed by atoms with van der Waals surface area (Å²) in [6, 6.07) is 14.6. The van der Waals surface area contributed by atoms with Crippen LogP contribution in [0.3, 0.4) is 0 Å². The molecule has 3 rings (SSSR count). The summed E-state index contributed by atoms with van der Waals surface area (Å²) in [4.78, 5) is 16.1. The molecule has 0 aliphatic heterocycles. The highest BCUT2D eigenvalue weighted by Crippen LogP contribution is 2.20. The first-order valence-corrected chi connectivity index (χ1v) is 9.82. The number of nitrogens with one attached hydrogen (secondary N) is 2. The van der Waals surface area contributed by atoms with Crippen molar-refractivity contribution in [2.24, 2.45) is 5.10 Å². The summed E-state index contributed by atoms with van der Waals surface area (Å²) in [6.07, 6.45) is 3.06. The van der Waals surface area contributed by atoms with E-state index in [4.69, 9.17) is 0 Å². The van der Waals surface area contributed by atoms with E-state index in [2.05, 4.69) is 20.2 Å². The highest BCUT2D eigenvalue weighted by molar-refractivity contribution is 7.94. The summed E-state index contributed by atoms with van der Waals surface area (Å²) in [7, 11) is -3.61. The second kappa shape index (κ2) is 7.89. The van der Waals surface area contributed by atoms with Gasteiger partial charge in [-0.1, -0.05) is 12.1 Å². The number of carbonyl (C=O) groups is 1. The van der Waals surface area contributed by atoms with Crippen LogP contribution in [-0.4, -0.2) is 25.5 Å². The minimum absolute atomic E-state index is 0.225. The van der Waals surface area contributed by atoms with Gasteiger partial charge < -0.3 is 0 Å². The van der Waals surface area contributed by atoms with Crippen molar-refractivity contribution in [2.45, 2.75) is 4.21 Å². The third-order valence-electron chi connectivity index (χ3n) is 3.21. The maximum absolute atomic E-state index is 12.2. The fourth-order valence-corrected chi connectivity index (χ4v) is 4.04. The Bertz CT molecular complexity index is 1000. The molecule has 0 fully saturated rings. The van der Waals surface area contributed by atoms with Gasteiger partial charge in [-0.3, -0.25) is 14.5 Å². The second-order valence-corrected chi connectivity index (χ2v) is 7.93. The number of anilines is 1. The molecule has 2 aromatic heterocycles. The fourth-order valence-electron chi connectivity index (χ4n) is 1.99. The second-order valence-electron chi connectivity index (χ2n) is 5.07. The Morgan fingerprint density at radius 2 is 1.88 bits per heavy atom. The molecule has 0 bridgehead atoms. The normalized spacial score (nSPS) is 11.4. The summed E-state index contributed by atoms with van der Waals surface area (Å²) in [5.74, 6) is -0.412. The standard InChI is InChI=1S/C17H14N4O3S2/c22-17(20-19-12-15-4-1-2-10-18-15)13-6-8-14(9-7-13)21-26(23,24)16-5-3-11-25-16/h1-12,21H,(H,20,22)/b19-12+. The van der Waals surface area contributed by atoms with Crippen LogP contribution < -0.4 is 10.1 Å². The molecule has 0 aliphatic carbocycles. The lowest BCUT2D eigenvalue weighted by molar-refractivity contribution is 0.0955. The number of carbonyl (C=O) groups excluding carboxylic acids is 1. The van der Waals surface area contributed by atoms with Crippen molar-refractivity contribution in [3.05, 3.63) is 77.4 Å². The van der Waals surface area contributed by atoms with E-state index in [0.717, 1.165) is 11.3 Å². The van der Waals surface area contributed by atoms with Gasteiger partial charge in [0.05, 0.1) is 11.9 Å². The first-order chi connectivity index (χ1) is 12.5. The Kier molecular flexibility index (Phi) is 5.40. The summed E-state index contributed by atoms with van der Waals surface area (Å²) in [5, 5.41) is 5.52. The Labute approximate surface area is 154 Å². The summed E-state index contributed by atoms with van der Waals surface area (Å²) < 4.78 is 27.0. The number of pyridine rings is 1. The van der Waals surface area contributed by atoms with Crippen LogP contribution in [-0.2, 0) is 10.0 Å². The molecule has 0 saturated heterocycles. The predicted molar refractivity (Wildman–Crippen MR) is 101 cm³/mol. The molecule has 1 aromatic carbocycles. The van der Waals surface area contributed by atoms with Gasteiger partial charge in [-0.05, 0) is 47.8 Å². The van der Waals surface area contributed by atoms with Gasteiger partial charge in [0.1, 0.15) is 4.21 Å². The minimum Gasteiger partial charge on any atom is -0.279 e. The zero-order chi connectivity index (χ0) is 18.4. The van der Waals surface area contributed by atoms with Gasteiger partial charge >= 0.3 is 0 Å². The van der Waals surface area contributed by atoms with Crippen LogP contribution in [0.25, 0.3) is 0 Å². The third-order valence-corrected chi connectivity index (χ3v) is 5.99. The van der Waals surface area contributed by atoms with E-state index in [0.29, 0.717) is 16.9 Å². The Morgan fingerprint density at radius 1 is 1.08 bits per heavy atom. The number of amides is 1. The average molecular weight is 386 g/mol. The molecule has 0 unspecified atom stereocenters. The minimum atomic E-state index is -3.61. The van der Waals surface area contributed by atoms with E-state index in [1.165, 1.54) is 36.5 Å². The van der Waals surface area contributed by atoms with Crippen molar-refractivity contribution >= 4 is 39.2 Å². The van der Waals surface area contributed by atoms with E-state index in [1.807, 2.05) is 6.07 Å². The van der Waals surface area contributed by atoms with Gasteiger partial charge in [0.2, 0.25) is 0 Å². The number of rotatable bonds is 6. The lowest BCUT2D eigenvalue weighted by Gasteiger charge is -2.07. The molecule has 2 N–H and O–H groups in total. The first kappa shape index (κ1) is 17.8. The summed E-state index contributed by atoms with van der Waals surface area (Å²) in [6.45, 7) is 0. The molecule has 26 heavy (non-hydrogen) atoms. The number of nitrogens with zero attached hydrogens (tertiary/aromatic N) is 2. The number of hydrogen-bond donors (Lipinski definition) is 2. The molecule has 132 valence electrons. The number of aromatic nitrogens is 1. The quantitative estimate of drug-likeness (QED) is 0.502. The molecule has 9 heteroatoms. The number of benzene rings is 1. The number of thiophene rings is 1. The van der Waals surface area contributed by atoms with Crippen molar-refractivity contribution in [3.63, 3.8) is 0 Å². The molecule has 0 atom stereocenters. The smallest absolute Gasteiger partial charge is 0.271 e. The maximum atomic E-state index is 12.2. The van der Waals surface area contributed by atoms with Crippen LogP contribution in [0.5, 0.6) is 0 Å². The molecule has 2 heterocycles. The van der Waals surface area contributed by atoms with Gasteiger partial charge in [-0.2, -0.15) is 5.10 Å². The Balaban J connectivity index is 1.62. The molecule has 0 aliphatic rings. The lowest BCUT2D eigenvalue weighted by atomic mass is 10.2. The number of sulfonamides is 1. The van der Waals surface area contributed by atoms with Crippen LogP contribution >= 0.6 is 11.3 Å². The molecule has 3 aromatic rings. The molecule has 0 saturated carbocycles. The molecular formula is C17H14N4O3S2. The van der Waals surface area contributed by atoms with Gasteiger partial charge in [-0.15, -0.1) is 11.3 Å². The van der Waals surface area contributed by atoms with Crippen molar-refractivity contribution in [2.75, 3.05) is 4.72 Å². The van der Waals surface area contributed by atoms with Gasteiger partial charge in [0, 0.05) is 17.4 Å². The largest absolute Gasteiger partial charge is 0.279 e. The highest BCUT2D eigenvalue weighted by atomic mass is 32.2. The van der Waals surface area contributed by atoms with Gasteiger partial charge in [0.25, 0.3) is 15.9 Å². The Morgan fingerprint density at radius 3 is 2.54 bits per heavy atom. The van der Waals surface area contributed by atoms with Crippen LogP contribution in [0.15, 0.2) is 75.5 Å². The molecule has 0 radical (unpaired) electrons.